The second kappa shape index (κ2) is 6.54. The molecule has 0 aliphatic rings. The standard InChI is InChI=1S/C20H16N4/c1-3-7-19-15(5-1)9-11-17(23-19)13-21-22-14-18-12-10-16-6-2-4-8-20(16)24-18/h1-12H,13-14H2. The molecular formula is C20H16N4. The van der Waals surface area contributed by atoms with Crippen LogP contribution in [-0.4, -0.2) is 9.97 Å². The summed E-state index contributed by atoms with van der Waals surface area (Å²) >= 11 is 0. The summed E-state index contributed by atoms with van der Waals surface area (Å²) in [5.74, 6) is 0. The number of aromatic nitrogens is 2. The van der Waals surface area contributed by atoms with Gasteiger partial charge in [-0.05, 0) is 24.3 Å². The Morgan fingerprint density at radius 2 is 1.00 bits per heavy atom. The van der Waals surface area contributed by atoms with Crippen molar-refractivity contribution in [2.45, 2.75) is 13.1 Å². The number of para-hydroxylation sites is 2. The molecule has 2 aromatic heterocycles. The van der Waals surface area contributed by atoms with Crippen molar-refractivity contribution in [3.8, 4) is 0 Å². The van der Waals surface area contributed by atoms with Crippen LogP contribution in [0.1, 0.15) is 11.4 Å². The fourth-order valence-corrected chi connectivity index (χ4v) is 2.64. The molecule has 0 unspecified atom stereocenters. The Balaban J connectivity index is 1.44. The van der Waals surface area contributed by atoms with Crippen LogP contribution in [0.15, 0.2) is 83.0 Å². The Labute approximate surface area is 139 Å². The minimum atomic E-state index is 0.485. The van der Waals surface area contributed by atoms with E-state index in [-0.39, 0.29) is 0 Å². The largest absolute Gasteiger partial charge is 0.251 e. The van der Waals surface area contributed by atoms with Crippen LogP contribution in [0.5, 0.6) is 0 Å². The number of nitrogens with zero attached hydrogens (tertiary/aromatic N) is 4. The van der Waals surface area contributed by atoms with Crippen LogP contribution < -0.4 is 0 Å². The summed E-state index contributed by atoms with van der Waals surface area (Å²) in [5.41, 5.74) is 3.82. The number of hydrogen-bond acceptors (Lipinski definition) is 4. The normalized spacial score (nSPS) is 11.5. The van der Waals surface area contributed by atoms with E-state index in [2.05, 4.69) is 44.5 Å². The van der Waals surface area contributed by atoms with E-state index < -0.39 is 0 Å². The van der Waals surface area contributed by atoms with E-state index in [0.29, 0.717) is 13.1 Å². The van der Waals surface area contributed by atoms with E-state index in [4.69, 9.17) is 0 Å². The minimum absolute atomic E-state index is 0.485. The zero-order chi connectivity index (χ0) is 16.2. The summed E-state index contributed by atoms with van der Waals surface area (Å²) in [4.78, 5) is 9.18. The lowest BCUT2D eigenvalue weighted by molar-refractivity contribution is 0.823. The van der Waals surface area contributed by atoms with E-state index >= 15 is 0 Å². The zero-order valence-corrected chi connectivity index (χ0v) is 13.1. The van der Waals surface area contributed by atoms with Gasteiger partial charge in [0.25, 0.3) is 0 Å². The minimum Gasteiger partial charge on any atom is -0.251 e. The monoisotopic (exact) mass is 312 g/mol. The SMILES string of the molecule is c1ccc2nc(CN=NCc3ccc4ccccc4n3)ccc2c1. The predicted molar refractivity (Wildman–Crippen MR) is 95.8 cm³/mol. The van der Waals surface area contributed by atoms with Gasteiger partial charge in [0, 0.05) is 10.8 Å². The summed E-state index contributed by atoms with van der Waals surface area (Å²) < 4.78 is 0. The van der Waals surface area contributed by atoms with Gasteiger partial charge in [-0.25, -0.2) is 0 Å². The van der Waals surface area contributed by atoms with Crippen molar-refractivity contribution in [1.82, 2.24) is 9.97 Å². The number of azo groups is 1. The molecule has 4 aromatic rings. The maximum atomic E-state index is 4.59. The molecule has 116 valence electrons. The van der Waals surface area contributed by atoms with Gasteiger partial charge in [-0.2, -0.15) is 10.2 Å². The van der Waals surface area contributed by atoms with Crippen LogP contribution in [0, 0.1) is 0 Å². The van der Waals surface area contributed by atoms with Gasteiger partial charge in [0.05, 0.1) is 22.4 Å². The molecule has 0 spiro atoms. The first-order valence-electron chi connectivity index (χ1n) is 7.91. The molecule has 0 radical (unpaired) electrons. The predicted octanol–water partition coefficient (Wildman–Crippen LogP) is 4.94. The number of pyridine rings is 2. The molecule has 0 bridgehead atoms. The van der Waals surface area contributed by atoms with Gasteiger partial charge in [-0.3, -0.25) is 9.97 Å². The number of fused-ring (bicyclic) bond motifs is 2. The lowest BCUT2D eigenvalue weighted by atomic mass is 10.2. The highest BCUT2D eigenvalue weighted by molar-refractivity contribution is 5.79. The van der Waals surface area contributed by atoms with Crippen molar-refractivity contribution >= 4 is 21.8 Å². The Morgan fingerprint density at radius 3 is 1.50 bits per heavy atom. The van der Waals surface area contributed by atoms with Crippen LogP contribution >= 0.6 is 0 Å². The summed E-state index contributed by atoms with van der Waals surface area (Å²) in [6, 6.07) is 24.3. The fourth-order valence-electron chi connectivity index (χ4n) is 2.64. The Morgan fingerprint density at radius 1 is 0.542 bits per heavy atom. The first-order chi connectivity index (χ1) is 11.9. The Kier molecular flexibility index (Phi) is 3.94. The van der Waals surface area contributed by atoms with Gasteiger partial charge in [0.2, 0.25) is 0 Å². The molecule has 0 saturated carbocycles. The highest BCUT2D eigenvalue weighted by Crippen LogP contribution is 2.14. The second-order valence-corrected chi connectivity index (χ2v) is 5.59. The zero-order valence-electron chi connectivity index (χ0n) is 13.1. The summed E-state index contributed by atoms with van der Waals surface area (Å²) in [6.45, 7) is 0.969. The maximum absolute atomic E-state index is 4.59. The van der Waals surface area contributed by atoms with Crippen molar-refractivity contribution in [3.05, 3.63) is 84.2 Å². The third-order valence-corrected chi connectivity index (χ3v) is 3.88. The topological polar surface area (TPSA) is 50.5 Å². The molecule has 0 aliphatic carbocycles. The highest BCUT2D eigenvalue weighted by atomic mass is 15.1. The molecule has 0 atom stereocenters. The molecule has 0 amide bonds. The van der Waals surface area contributed by atoms with Crippen molar-refractivity contribution in [1.29, 1.82) is 0 Å². The van der Waals surface area contributed by atoms with Crippen LogP contribution in [0.3, 0.4) is 0 Å². The average molecular weight is 312 g/mol. The lowest BCUT2D eigenvalue weighted by Crippen LogP contribution is -1.90. The first-order valence-corrected chi connectivity index (χ1v) is 7.91. The molecule has 2 heterocycles. The van der Waals surface area contributed by atoms with E-state index in [1.807, 2.05) is 48.5 Å². The maximum Gasteiger partial charge on any atom is 0.102 e. The summed E-state index contributed by atoms with van der Waals surface area (Å²) in [5, 5.41) is 10.8. The van der Waals surface area contributed by atoms with Crippen molar-refractivity contribution in [2.75, 3.05) is 0 Å². The quantitative estimate of drug-likeness (QED) is 0.501. The molecule has 2 aromatic carbocycles. The van der Waals surface area contributed by atoms with E-state index in [1.165, 1.54) is 0 Å². The Bertz CT molecular complexity index is 941. The van der Waals surface area contributed by atoms with Gasteiger partial charge in [-0.1, -0.05) is 48.5 Å². The van der Waals surface area contributed by atoms with Crippen LogP contribution in [0.25, 0.3) is 21.8 Å². The molecule has 0 saturated heterocycles. The lowest BCUT2D eigenvalue weighted by Gasteiger charge is -2.00. The van der Waals surface area contributed by atoms with Gasteiger partial charge in [-0.15, -0.1) is 0 Å². The average Bonchev–Trinajstić information content (AvgIpc) is 2.65. The third-order valence-electron chi connectivity index (χ3n) is 3.88. The van der Waals surface area contributed by atoms with Crippen LogP contribution in [0.2, 0.25) is 0 Å². The molecular weight excluding hydrogens is 296 g/mol. The summed E-state index contributed by atoms with van der Waals surface area (Å²) in [7, 11) is 0. The first kappa shape index (κ1) is 14.5. The van der Waals surface area contributed by atoms with Crippen LogP contribution in [-0.2, 0) is 13.1 Å². The number of hydrogen-bond donors (Lipinski definition) is 0. The molecule has 0 fully saturated rings. The fraction of sp³-hybridized carbons (Fsp3) is 0.100. The van der Waals surface area contributed by atoms with Crippen molar-refractivity contribution in [2.24, 2.45) is 10.2 Å². The summed E-state index contributed by atoms with van der Waals surface area (Å²) in [6.07, 6.45) is 0. The van der Waals surface area contributed by atoms with Crippen molar-refractivity contribution in [3.63, 3.8) is 0 Å². The van der Waals surface area contributed by atoms with Gasteiger partial charge in [0.1, 0.15) is 13.1 Å². The molecule has 0 aliphatic heterocycles. The van der Waals surface area contributed by atoms with E-state index in [0.717, 1.165) is 33.2 Å². The highest BCUT2D eigenvalue weighted by Gasteiger charge is 1.98. The molecule has 24 heavy (non-hydrogen) atoms. The van der Waals surface area contributed by atoms with E-state index in [9.17, 15) is 0 Å². The van der Waals surface area contributed by atoms with Gasteiger partial charge in [0.15, 0.2) is 0 Å². The molecule has 4 nitrogen and oxygen atoms in total. The van der Waals surface area contributed by atoms with Crippen molar-refractivity contribution < 1.29 is 0 Å². The number of benzene rings is 2. The second-order valence-electron chi connectivity index (χ2n) is 5.59. The van der Waals surface area contributed by atoms with E-state index in [1.54, 1.807) is 0 Å². The molecule has 4 rings (SSSR count). The van der Waals surface area contributed by atoms with Crippen LogP contribution in [0.4, 0.5) is 0 Å². The smallest absolute Gasteiger partial charge is 0.102 e. The van der Waals surface area contributed by atoms with Gasteiger partial charge < -0.3 is 0 Å². The number of rotatable bonds is 4. The third kappa shape index (κ3) is 3.13. The molecule has 0 N–H and O–H groups in total. The molecule has 4 heteroatoms. The van der Waals surface area contributed by atoms with Gasteiger partial charge >= 0.3 is 0 Å². The Hall–Kier alpha value is -3.14.